The monoisotopic (exact) mass is 392 g/mol. The summed E-state index contributed by atoms with van der Waals surface area (Å²) in [4.78, 5) is 4.74. The van der Waals surface area contributed by atoms with E-state index in [9.17, 15) is 19.8 Å². The molecule has 1 unspecified atom stereocenters. The van der Waals surface area contributed by atoms with Gasteiger partial charge >= 0.3 is 10.9 Å². The van der Waals surface area contributed by atoms with Gasteiger partial charge in [-0.15, -0.1) is 0 Å². The Morgan fingerprint density at radius 2 is 1.35 bits per heavy atom. The molecule has 0 fully saturated rings. The average Bonchev–Trinajstić information content (AvgIpc) is 2.31. The molecule has 0 radical (unpaired) electrons. The second-order valence-electron chi connectivity index (χ2n) is 7.66. The second kappa shape index (κ2) is 9.01. The zero-order valence-corrected chi connectivity index (χ0v) is 17.5. The fourth-order valence-electron chi connectivity index (χ4n) is 1.39. The molecular formula is C14H28N6O5S. The molecule has 0 aliphatic carbocycles. The summed E-state index contributed by atoms with van der Waals surface area (Å²) in [5, 5.41) is 46.9. The molecule has 26 heavy (non-hydrogen) atoms. The lowest BCUT2D eigenvalue weighted by atomic mass is 10.1. The number of nitrogens with zero attached hydrogens (tertiary/aromatic N) is 6. The van der Waals surface area contributed by atoms with Gasteiger partial charge in [-0.25, -0.2) is 5.21 Å². The van der Waals surface area contributed by atoms with Crippen molar-refractivity contribution < 1.29 is 23.8 Å². The lowest BCUT2D eigenvalue weighted by Crippen LogP contribution is -2.24. The lowest BCUT2D eigenvalue weighted by Gasteiger charge is -2.12. The Kier molecular flexibility index (Phi) is 8.28. The molecule has 11 nitrogen and oxygen atoms in total. The maximum atomic E-state index is 12.5. The maximum absolute atomic E-state index is 12.5. The van der Waals surface area contributed by atoms with E-state index in [0.29, 0.717) is 0 Å². The number of hydrogen-bond donors (Lipinski definition) is 0. The van der Waals surface area contributed by atoms with Crippen LogP contribution in [0, 0.1) is 15.6 Å². The van der Waals surface area contributed by atoms with Crippen molar-refractivity contribution in [1.29, 1.82) is 0 Å². The van der Waals surface area contributed by atoms with Crippen molar-refractivity contribution in [3.05, 3.63) is 26.5 Å². The summed E-state index contributed by atoms with van der Waals surface area (Å²) in [5.74, 6) is -0.774. The van der Waals surface area contributed by atoms with E-state index in [1.807, 2.05) is 0 Å². The third-order valence-electron chi connectivity index (χ3n) is 2.08. The van der Waals surface area contributed by atoms with Crippen LogP contribution < -0.4 is 0 Å². The van der Waals surface area contributed by atoms with Gasteiger partial charge in [0, 0.05) is 16.0 Å². The largest absolute Gasteiger partial charge is 0.590 e. The predicted molar refractivity (Wildman–Crippen MR) is 95.0 cm³/mol. The smallest absolute Gasteiger partial charge is 0.559 e. The van der Waals surface area contributed by atoms with Crippen LogP contribution >= 0.6 is 0 Å². The van der Waals surface area contributed by atoms with Crippen molar-refractivity contribution in [3.8, 4) is 0 Å². The van der Waals surface area contributed by atoms with Crippen LogP contribution in [0.15, 0.2) is 26.2 Å². The molecule has 0 amide bonds. The first-order chi connectivity index (χ1) is 11.5. The molecule has 0 bridgehead atoms. The molecule has 0 saturated heterocycles. The fraction of sp³-hybridized carbons (Fsp3) is 0.857. The lowest BCUT2D eigenvalue weighted by molar-refractivity contribution is -0.797. The minimum atomic E-state index is -1.98. The Bertz CT molecular complexity index is 624. The molecule has 0 aromatic rings. The van der Waals surface area contributed by atoms with E-state index in [4.69, 9.17) is 4.84 Å². The van der Waals surface area contributed by atoms with Crippen LogP contribution in [0.5, 0.6) is 0 Å². The van der Waals surface area contributed by atoms with Crippen LogP contribution in [0.3, 0.4) is 0 Å². The van der Waals surface area contributed by atoms with Gasteiger partial charge in [-0.2, -0.15) is 0 Å². The molecule has 0 aromatic heterocycles. The Morgan fingerprint density at radius 3 is 1.62 bits per heavy atom. The summed E-state index contributed by atoms with van der Waals surface area (Å²) in [5.41, 5.74) is -1.69. The number of rotatable bonds is 6. The zero-order valence-electron chi connectivity index (χ0n) is 16.7. The number of hydrogen-bond acceptors (Lipinski definition) is 8. The van der Waals surface area contributed by atoms with Gasteiger partial charge in [0.15, 0.2) is 5.02 Å². The standard InChI is InChI=1S/C14H28N6O5S/c1-10(2)25-20(23)15-11(26(9)24)12(18(21)16-13(3,4)5)19(22)17-14(6,7)8/h10H,1-9H3. The minimum Gasteiger partial charge on any atom is -0.590 e. The Hall–Kier alpha value is -2.11. The van der Waals surface area contributed by atoms with E-state index >= 15 is 0 Å². The molecule has 12 heteroatoms. The van der Waals surface area contributed by atoms with Crippen molar-refractivity contribution in [2.45, 2.75) is 72.6 Å². The van der Waals surface area contributed by atoms with Gasteiger partial charge in [0.25, 0.3) is 0 Å². The quantitative estimate of drug-likeness (QED) is 0.387. The van der Waals surface area contributed by atoms with Crippen molar-refractivity contribution in [3.63, 3.8) is 0 Å². The number of azo groups is 2. The van der Waals surface area contributed by atoms with E-state index in [2.05, 4.69) is 15.3 Å². The topological polar surface area (TPSA) is 142 Å². The highest BCUT2D eigenvalue weighted by Crippen LogP contribution is 2.19. The number of hydroxylamine groups is 2. The Balaban J connectivity index is 6.73. The van der Waals surface area contributed by atoms with Gasteiger partial charge in [0.2, 0.25) is 0 Å². The summed E-state index contributed by atoms with van der Waals surface area (Å²) >= 11 is 0. The van der Waals surface area contributed by atoms with Crippen LogP contribution in [-0.4, -0.2) is 42.4 Å². The van der Waals surface area contributed by atoms with E-state index in [1.54, 1.807) is 55.4 Å². The van der Waals surface area contributed by atoms with E-state index in [-0.39, 0.29) is 14.7 Å². The van der Waals surface area contributed by atoms with Gasteiger partial charge in [-0.1, -0.05) is 0 Å². The SMILES string of the molecule is CC(C)O[N+]([O-])=NC(=C([N+]([O-])=NC(C)(C)C)[N+]([O-])=NC(C)(C)C)S(C)=O. The molecule has 0 aromatic carbocycles. The highest BCUT2D eigenvalue weighted by Gasteiger charge is 2.37. The molecule has 150 valence electrons. The molecule has 1 atom stereocenters. The van der Waals surface area contributed by atoms with Crippen molar-refractivity contribution in [2.75, 3.05) is 6.26 Å². The molecule has 0 heterocycles. The summed E-state index contributed by atoms with van der Waals surface area (Å²) in [6.07, 6.45) is 0.647. The molecule has 0 N–H and O–H groups in total. The van der Waals surface area contributed by atoms with Crippen molar-refractivity contribution >= 4 is 10.8 Å². The molecule has 0 aliphatic rings. The Labute approximate surface area is 155 Å². The summed E-state index contributed by atoms with van der Waals surface area (Å²) in [6, 6.07) is 0. The van der Waals surface area contributed by atoms with Crippen LogP contribution in [0.2, 0.25) is 0 Å². The molecule has 0 saturated carbocycles. The summed E-state index contributed by atoms with van der Waals surface area (Å²) in [6.45, 7) is 13.0. The molecule has 0 aliphatic heterocycles. The van der Waals surface area contributed by atoms with Crippen LogP contribution in [0.25, 0.3) is 0 Å². The van der Waals surface area contributed by atoms with Crippen LogP contribution in [0.1, 0.15) is 55.4 Å². The second-order valence-corrected chi connectivity index (χ2v) is 8.96. The highest BCUT2D eigenvalue weighted by molar-refractivity contribution is 7.88. The van der Waals surface area contributed by atoms with Gasteiger partial charge in [-0.3, -0.25) is 4.21 Å². The van der Waals surface area contributed by atoms with Gasteiger partial charge in [0.1, 0.15) is 11.1 Å². The zero-order chi connectivity index (χ0) is 20.9. The van der Waals surface area contributed by atoms with Crippen molar-refractivity contribution in [2.24, 2.45) is 15.3 Å². The average molecular weight is 392 g/mol. The van der Waals surface area contributed by atoms with Crippen LogP contribution in [0.4, 0.5) is 0 Å². The third kappa shape index (κ3) is 9.39. The molecule has 0 spiro atoms. The Morgan fingerprint density at radius 1 is 0.962 bits per heavy atom. The van der Waals surface area contributed by atoms with Crippen molar-refractivity contribution in [1.82, 2.24) is 0 Å². The summed E-state index contributed by atoms with van der Waals surface area (Å²) < 4.78 is 12.1. The highest BCUT2D eigenvalue weighted by atomic mass is 32.2. The summed E-state index contributed by atoms with van der Waals surface area (Å²) in [7, 11) is -1.98. The minimum absolute atomic E-state index is 0.0221. The third-order valence-corrected chi connectivity index (χ3v) is 2.89. The first-order valence-corrected chi connectivity index (χ1v) is 9.43. The van der Waals surface area contributed by atoms with E-state index < -0.39 is 38.8 Å². The van der Waals surface area contributed by atoms with Gasteiger partial charge in [-0.05, 0) is 65.6 Å². The van der Waals surface area contributed by atoms with Crippen LogP contribution in [-0.2, 0) is 15.6 Å². The molecular weight excluding hydrogens is 364 g/mol. The molecule has 0 rings (SSSR count). The van der Waals surface area contributed by atoms with E-state index in [0.717, 1.165) is 6.26 Å². The first-order valence-electron chi connectivity index (χ1n) is 7.87. The van der Waals surface area contributed by atoms with E-state index in [1.165, 1.54) is 0 Å². The first kappa shape index (κ1) is 23.9. The maximum Gasteiger partial charge on any atom is 0.559 e. The van der Waals surface area contributed by atoms with Gasteiger partial charge in [0.05, 0.1) is 22.0 Å². The fourth-order valence-corrected chi connectivity index (χ4v) is 1.98. The van der Waals surface area contributed by atoms with Gasteiger partial charge < -0.3 is 15.3 Å². The normalized spacial score (nSPS) is 15.8. The predicted octanol–water partition coefficient (Wildman–Crippen LogP) is 3.32.